The van der Waals surface area contributed by atoms with Crippen molar-refractivity contribution in [2.75, 3.05) is 51.7 Å². The van der Waals surface area contributed by atoms with Crippen molar-refractivity contribution in [1.29, 1.82) is 0 Å². The SMILES string of the molecule is Cc1nc(-c2ccnc(Nc3cc(OCCCN4CCN(C)CC4)cc(C(F)(F)F)c3)n2)sc1C. The summed E-state index contributed by atoms with van der Waals surface area (Å²) in [6.45, 7) is 9.12. The molecule has 11 heteroatoms. The van der Waals surface area contributed by atoms with Gasteiger partial charge in [0, 0.05) is 55.6 Å². The minimum Gasteiger partial charge on any atom is -0.493 e. The van der Waals surface area contributed by atoms with Crippen LogP contribution in [0, 0.1) is 13.8 Å². The van der Waals surface area contributed by atoms with Gasteiger partial charge in [-0.25, -0.2) is 15.0 Å². The van der Waals surface area contributed by atoms with E-state index < -0.39 is 11.7 Å². The molecular weight excluding hydrogens is 477 g/mol. The summed E-state index contributed by atoms with van der Waals surface area (Å²) in [5.41, 5.74) is 0.943. The molecule has 1 N–H and O–H groups in total. The summed E-state index contributed by atoms with van der Waals surface area (Å²) >= 11 is 1.51. The van der Waals surface area contributed by atoms with E-state index in [1.807, 2.05) is 13.8 Å². The molecule has 2 aromatic heterocycles. The van der Waals surface area contributed by atoms with Gasteiger partial charge in [-0.2, -0.15) is 13.2 Å². The Morgan fingerprint density at radius 3 is 2.54 bits per heavy atom. The van der Waals surface area contributed by atoms with Gasteiger partial charge in [-0.05, 0) is 45.5 Å². The number of hydrogen-bond acceptors (Lipinski definition) is 8. The molecule has 35 heavy (non-hydrogen) atoms. The summed E-state index contributed by atoms with van der Waals surface area (Å²) in [6, 6.07) is 5.33. The second kappa shape index (κ2) is 10.9. The van der Waals surface area contributed by atoms with Crippen LogP contribution in [0.3, 0.4) is 0 Å². The third-order valence-electron chi connectivity index (χ3n) is 5.88. The van der Waals surface area contributed by atoms with Gasteiger partial charge in [0.25, 0.3) is 0 Å². The number of aromatic nitrogens is 3. The lowest BCUT2D eigenvalue weighted by atomic mass is 10.2. The Morgan fingerprint density at radius 1 is 1.09 bits per heavy atom. The number of hydrogen-bond donors (Lipinski definition) is 1. The van der Waals surface area contributed by atoms with E-state index in [0.29, 0.717) is 12.3 Å². The number of aryl methyl sites for hydroxylation is 2. The van der Waals surface area contributed by atoms with E-state index in [1.54, 1.807) is 18.3 Å². The number of anilines is 2. The number of halogens is 3. The highest BCUT2D eigenvalue weighted by molar-refractivity contribution is 7.15. The Kier molecular flexibility index (Phi) is 7.88. The number of ether oxygens (including phenoxy) is 1. The monoisotopic (exact) mass is 506 g/mol. The zero-order valence-electron chi connectivity index (χ0n) is 20.0. The van der Waals surface area contributed by atoms with Crippen LogP contribution in [0.2, 0.25) is 0 Å². The molecule has 0 bridgehead atoms. The van der Waals surface area contributed by atoms with E-state index in [2.05, 4.69) is 37.1 Å². The fraction of sp³-hybridized carbons (Fsp3) is 0.458. The van der Waals surface area contributed by atoms with Gasteiger partial charge in [-0.15, -0.1) is 11.3 Å². The van der Waals surface area contributed by atoms with Crippen LogP contribution in [0.15, 0.2) is 30.5 Å². The maximum atomic E-state index is 13.5. The predicted octanol–water partition coefficient (Wildman–Crippen LogP) is 5.00. The lowest BCUT2D eigenvalue weighted by Gasteiger charge is -2.32. The van der Waals surface area contributed by atoms with Crippen molar-refractivity contribution >= 4 is 23.0 Å². The molecule has 1 aliphatic rings. The normalized spacial score (nSPS) is 15.4. The Bertz CT molecular complexity index is 1130. The number of alkyl halides is 3. The van der Waals surface area contributed by atoms with Gasteiger partial charge in [0.15, 0.2) is 0 Å². The second-order valence-corrected chi connectivity index (χ2v) is 9.85. The van der Waals surface area contributed by atoms with Crippen LogP contribution in [0.25, 0.3) is 10.7 Å². The number of piperazine rings is 1. The Labute approximate surface area is 207 Å². The third kappa shape index (κ3) is 6.89. The number of nitrogens with one attached hydrogen (secondary N) is 1. The molecule has 0 spiro atoms. The number of nitrogens with zero attached hydrogens (tertiary/aromatic N) is 5. The van der Waals surface area contributed by atoms with Crippen LogP contribution in [0.4, 0.5) is 24.8 Å². The molecule has 1 aliphatic heterocycles. The van der Waals surface area contributed by atoms with Gasteiger partial charge < -0.3 is 19.9 Å². The fourth-order valence-electron chi connectivity index (χ4n) is 3.72. The van der Waals surface area contributed by atoms with E-state index in [-0.39, 0.29) is 17.4 Å². The molecule has 3 aromatic rings. The molecule has 7 nitrogen and oxygen atoms in total. The van der Waals surface area contributed by atoms with Crippen LogP contribution in [0.1, 0.15) is 22.6 Å². The van der Waals surface area contributed by atoms with Crippen LogP contribution in [0.5, 0.6) is 5.75 Å². The van der Waals surface area contributed by atoms with Crippen molar-refractivity contribution in [1.82, 2.24) is 24.8 Å². The molecule has 0 saturated carbocycles. The maximum Gasteiger partial charge on any atom is 0.416 e. The van der Waals surface area contributed by atoms with E-state index in [1.165, 1.54) is 11.3 Å². The zero-order chi connectivity index (χ0) is 25.0. The van der Waals surface area contributed by atoms with Crippen molar-refractivity contribution in [2.24, 2.45) is 0 Å². The first-order chi connectivity index (χ1) is 16.7. The maximum absolute atomic E-state index is 13.5. The van der Waals surface area contributed by atoms with Crippen molar-refractivity contribution in [3.05, 3.63) is 46.6 Å². The Morgan fingerprint density at radius 2 is 1.86 bits per heavy atom. The van der Waals surface area contributed by atoms with Crippen LogP contribution < -0.4 is 10.1 Å². The van der Waals surface area contributed by atoms with Crippen LogP contribution >= 0.6 is 11.3 Å². The standard InChI is InChI=1S/C24H29F3N6OS/c1-16-17(2)35-22(29-16)21-5-6-28-23(31-21)30-19-13-18(24(25,26)27)14-20(15-19)34-12-4-7-33-10-8-32(3)9-11-33/h5-6,13-15H,4,7-12H2,1-3H3,(H,28,30,31). The summed E-state index contributed by atoms with van der Waals surface area (Å²) in [5.74, 6) is 0.344. The van der Waals surface area contributed by atoms with Crippen molar-refractivity contribution < 1.29 is 17.9 Å². The lowest BCUT2D eigenvalue weighted by Crippen LogP contribution is -2.44. The van der Waals surface area contributed by atoms with Gasteiger partial charge in [-0.1, -0.05) is 0 Å². The molecule has 0 radical (unpaired) electrons. The molecule has 1 aromatic carbocycles. The van der Waals surface area contributed by atoms with Crippen LogP contribution in [-0.4, -0.2) is 71.1 Å². The van der Waals surface area contributed by atoms with Gasteiger partial charge in [0.1, 0.15) is 16.5 Å². The fourth-order valence-corrected chi connectivity index (χ4v) is 4.60. The largest absolute Gasteiger partial charge is 0.493 e. The first-order valence-electron chi connectivity index (χ1n) is 11.5. The minimum atomic E-state index is -4.51. The number of likely N-dealkylation sites (N-methyl/N-ethyl adjacent to an activating group) is 1. The third-order valence-corrected chi connectivity index (χ3v) is 6.97. The smallest absolute Gasteiger partial charge is 0.416 e. The summed E-state index contributed by atoms with van der Waals surface area (Å²) < 4.78 is 46.3. The number of benzene rings is 1. The van der Waals surface area contributed by atoms with E-state index in [4.69, 9.17) is 4.74 Å². The molecular formula is C24H29F3N6OS. The molecule has 4 rings (SSSR count). The molecule has 188 valence electrons. The van der Waals surface area contributed by atoms with Crippen LogP contribution in [-0.2, 0) is 6.18 Å². The predicted molar refractivity (Wildman–Crippen MR) is 131 cm³/mol. The number of rotatable bonds is 8. The van der Waals surface area contributed by atoms with E-state index in [0.717, 1.165) is 66.9 Å². The minimum absolute atomic E-state index is 0.156. The van der Waals surface area contributed by atoms with Gasteiger partial charge in [0.05, 0.1) is 17.9 Å². The second-order valence-electron chi connectivity index (χ2n) is 8.64. The molecule has 3 heterocycles. The molecule has 1 fully saturated rings. The van der Waals surface area contributed by atoms with Gasteiger partial charge >= 0.3 is 6.18 Å². The summed E-state index contributed by atoms with van der Waals surface area (Å²) in [6.07, 6.45) is -2.21. The van der Waals surface area contributed by atoms with E-state index in [9.17, 15) is 13.2 Å². The quantitative estimate of drug-likeness (QED) is 0.432. The Balaban J connectivity index is 1.44. The van der Waals surface area contributed by atoms with Crippen molar-refractivity contribution in [3.63, 3.8) is 0 Å². The highest BCUT2D eigenvalue weighted by atomic mass is 32.1. The first kappa shape index (κ1) is 25.3. The zero-order valence-corrected chi connectivity index (χ0v) is 20.8. The highest BCUT2D eigenvalue weighted by Crippen LogP contribution is 2.35. The first-order valence-corrected chi connectivity index (χ1v) is 12.3. The molecule has 0 atom stereocenters. The average Bonchev–Trinajstić information content (AvgIpc) is 3.16. The summed E-state index contributed by atoms with van der Waals surface area (Å²) in [7, 11) is 2.10. The number of thiazole rings is 1. The highest BCUT2D eigenvalue weighted by Gasteiger charge is 2.31. The van der Waals surface area contributed by atoms with Crippen molar-refractivity contribution in [2.45, 2.75) is 26.4 Å². The Hall–Kier alpha value is -2.76. The molecule has 0 amide bonds. The van der Waals surface area contributed by atoms with Gasteiger partial charge in [-0.3, -0.25) is 0 Å². The summed E-state index contributed by atoms with van der Waals surface area (Å²) in [4.78, 5) is 18.8. The van der Waals surface area contributed by atoms with E-state index >= 15 is 0 Å². The summed E-state index contributed by atoms with van der Waals surface area (Å²) in [5, 5.41) is 3.63. The van der Waals surface area contributed by atoms with Gasteiger partial charge in [0.2, 0.25) is 5.95 Å². The average molecular weight is 507 g/mol. The topological polar surface area (TPSA) is 66.4 Å². The van der Waals surface area contributed by atoms with Crippen molar-refractivity contribution in [3.8, 4) is 16.5 Å². The molecule has 1 saturated heterocycles. The molecule has 0 aliphatic carbocycles. The lowest BCUT2D eigenvalue weighted by molar-refractivity contribution is -0.137. The molecule has 0 unspecified atom stereocenters.